The summed E-state index contributed by atoms with van der Waals surface area (Å²) in [6.07, 6.45) is 3.46. The zero-order valence-electron chi connectivity index (χ0n) is 15.6. The van der Waals surface area contributed by atoms with Crippen molar-refractivity contribution in [3.05, 3.63) is 53.9 Å². The van der Waals surface area contributed by atoms with Gasteiger partial charge in [-0.2, -0.15) is 0 Å². The number of pyridine rings is 1. The predicted octanol–water partition coefficient (Wildman–Crippen LogP) is 1.63. The van der Waals surface area contributed by atoms with Crippen molar-refractivity contribution in [2.45, 2.75) is 6.42 Å². The van der Waals surface area contributed by atoms with Crippen molar-refractivity contribution < 1.29 is 19.1 Å². The first-order valence-electron chi connectivity index (χ1n) is 8.80. The van der Waals surface area contributed by atoms with E-state index in [9.17, 15) is 9.59 Å². The highest BCUT2D eigenvalue weighted by molar-refractivity contribution is 5.94. The van der Waals surface area contributed by atoms with E-state index in [4.69, 9.17) is 9.47 Å². The van der Waals surface area contributed by atoms with Crippen molar-refractivity contribution in [1.82, 2.24) is 14.8 Å². The molecule has 0 atom stereocenters. The number of benzene rings is 1. The van der Waals surface area contributed by atoms with Gasteiger partial charge in [-0.05, 0) is 18.2 Å². The molecule has 0 bridgehead atoms. The summed E-state index contributed by atoms with van der Waals surface area (Å²) in [5.74, 6) is 1.29. The van der Waals surface area contributed by atoms with Crippen molar-refractivity contribution in [3.8, 4) is 11.5 Å². The third-order valence-electron chi connectivity index (χ3n) is 4.66. The van der Waals surface area contributed by atoms with Crippen molar-refractivity contribution in [2.75, 3.05) is 40.4 Å². The molecule has 1 fully saturated rings. The number of carbonyl (C=O) groups excluding carboxylic acids is 2. The topological polar surface area (TPSA) is 72.0 Å². The fourth-order valence-corrected chi connectivity index (χ4v) is 3.10. The van der Waals surface area contributed by atoms with Crippen LogP contribution < -0.4 is 9.47 Å². The van der Waals surface area contributed by atoms with Gasteiger partial charge in [-0.3, -0.25) is 14.6 Å². The van der Waals surface area contributed by atoms with Crippen molar-refractivity contribution >= 4 is 11.8 Å². The Morgan fingerprint density at radius 3 is 2.41 bits per heavy atom. The van der Waals surface area contributed by atoms with Crippen LogP contribution in [0.25, 0.3) is 0 Å². The molecule has 2 amide bonds. The molecule has 2 aromatic rings. The highest BCUT2D eigenvalue weighted by Crippen LogP contribution is 2.25. The zero-order chi connectivity index (χ0) is 19.2. The molecule has 142 valence electrons. The van der Waals surface area contributed by atoms with Gasteiger partial charge in [0.2, 0.25) is 5.91 Å². The Morgan fingerprint density at radius 2 is 1.78 bits per heavy atom. The largest absolute Gasteiger partial charge is 0.497 e. The summed E-state index contributed by atoms with van der Waals surface area (Å²) >= 11 is 0. The van der Waals surface area contributed by atoms with Gasteiger partial charge in [-0.15, -0.1) is 0 Å². The van der Waals surface area contributed by atoms with E-state index in [2.05, 4.69) is 4.98 Å². The molecule has 1 aliphatic heterocycles. The summed E-state index contributed by atoms with van der Waals surface area (Å²) in [7, 11) is 3.16. The van der Waals surface area contributed by atoms with E-state index in [1.54, 1.807) is 54.6 Å². The third kappa shape index (κ3) is 4.36. The Labute approximate surface area is 158 Å². The molecule has 27 heavy (non-hydrogen) atoms. The first-order valence-corrected chi connectivity index (χ1v) is 8.80. The summed E-state index contributed by atoms with van der Waals surface area (Å²) in [5.41, 5.74) is 1.39. The monoisotopic (exact) mass is 369 g/mol. The molecule has 0 aliphatic carbocycles. The first kappa shape index (κ1) is 18.7. The number of piperazine rings is 1. The molecule has 7 nitrogen and oxygen atoms in total. The Balaban J connectivity index is 1.58. The van der Waals surface area contributed by atoms with Crippen LogP contribution in [-0.4, -0.2) is 67.0 Å². The fourth-order valence-electron chi connectivity index (χ4n) is 3.10. The number of amides is 2. The lowest BCUT2D eigenvalue weighted by Crippen LogP contribution is -2.51. The van der Waals surface area contributed by atoms with Crippen molar-refractivity contribution in [3.63, 3.8) is 0 Å². The van der Waals surface area contributed by atoms with Crippen LogP contribution in [0.1, 0.15) is 15.9 Å². The van der Waals surface area contributed by atoms with Crippen molar-refractivity contribution in [1.29, 1.82) is 0 Å². The van der Waals surface area contributed by atoms with Gasteiger partial charge in [-0.1, -0.05) is 6.07 Å². The van der Waals surface area contributed by atoms with Gasteiger partial charge in [0.25, 0.3) is 5.91 Å². The van der Waals surface area contributed by atoms with Crippen LogP contribution in [0.3, 0.4) is 0 Å². The van der Waals surface area contributed by atoms with E-state index < -0.39 is 0 Å². The lowest BCUT2D eigenvalue weighted by atomic mass is 10.1. The van der Waals surface area contributed by atoms with Gasteiger partial charge in [0.05, 0.1) is 26.2 Å². The molecular weight excluding hydrogens is 346 g/mol. The highest BCUT2D eigenvalue weighted by Gasteiger charge is 2.25. The Bertz CT molecular complexity index is 802. The molecule has 7 heteroatoms. The number of rotatable bonds is 5. The normalized spacial score (nSPS) is 14.0. The first-order chi connectivity index (χ1) is 13.1. The second-order valence-electron chi connectivity index (χ2n) is 6.27. The summed E-state index contributed by atoms with van der Waals surface area (Å²) in [6, 6.07) is 8.93. The minimum atomic E-state index is -0.0491. The maximum absolute atomic E-state index is 12.7. The standard InChI is InChI=1S/C20H23N3O4/c1-26-17-6-5-15(18(13-17)27-2)12-19(24)22-8-10-23(11-9-22)20(25)16-4-3-7-21-14-16/h3-7,13-14H,8-12H2,1-2H3. The van der Waals surface area contributed by atoms with Gasteiger partial charge in [0.15, 0.2) is 0 Å². The molecule has 2 heterocycles. The average Bonchev–Trinajstić information content (AvgIpc) is 2.74. The Hall–Kier alpha value is -3.09. The smallest absolute Gasteiger partial charge is 0.255 e. The van der Waals surface area contributed by atoms with Crippen LogP contribution in [0.15, 0.2) is 42.7 Å². The van der Waals surface area contributed by atoms with Crippen LogP contribution in [0.5, 0.6) is 11.5 Å². The molecule has 0 unspecified atom stereocenters. The number of hydrogen-bond acceptors (Lipinski definition) is 5. The maximum atomic E-state index is 12.7. The molecule has 1 aromatic heterocycles. The van der Waals surface area contributed by atoms with Crippen LogP contribution in [0.4, 0.5) is 0 Å². The van der Waals surface area contributed by atoms with Gasteiger partial charge in [-0.25, -0.2) is 0 Å². The molecule has 3 rings (SSSR count). The van der Waals surface area contributed by atoms with Gasteiger partial charge < -0.3 is 19.3 Å². The predicted molar refractivity (Wildman–Crippen MR) is 100.0 cm³/mol. The van der Waals surface area contributed by atoms with Crippen LogP contribution in [0.2, 0.25) is 0 Å². The van der Waals surface area contributed by atoms with E-state index in [0.29, 0.717) is 43.2 Å². The molecule has 1 aromatic carbocycles. The molecule has 0 saturated carbocycles. The molecular formula is C20H23N3O4. The number of carbonyl (C=O) groups is 2. The summed E-state index contributed by atoms with van der Waals surface area (Å²) < 4.78 is 10.6. The number of nitrogens with zero attached hydrogens (tertiary/aromatic N) is 3. The summed E-state index contributed by atoms with van der Waals surface area (Å²) in [6.45, 7) is 2.06. The van der Waals surface area contributed by atoms with Gasteiger partial charge >= 0.3 is 0 Å². The van der Waals surface area contributed by atoms with Gasteiger partial charge in [0.1, 0.15) is 11.5 Å². The highest BCUT2D eigenvalue weighted by atomic mass is 16.5. The zero-order valence-corrected chi connectivity index (χ0v) is 15.6. The Kier molecular flexibility index (Phi) is 5.90. The van der Waals surface area contributed by atoms with Crippen LogP contribution in [-0.2, 0) is 11.2 Å². The minimum absolute atomic E-state index is 0.0203. The summed E-state index contributed by atoms with van der Waals surface area (Å²) in [4.78, 5) is 32.7. The fraction of sp³-hybridized carbons (Fsp3) is 0.350. The van der Waals surface area contributed by atoms with E-state index in [-0.39, 0.29) is 18.2 Å². The average molecular weight is 369 g/mol. The van der Waals surface area contributed by atoms with Crippen LogP contribution >= 0.6 is 0 Å². The molecule has 1 saturated heterocycles. The molecule has 0 radical (unpaired) electrons. The quantitative estimate of drug-likeness (QED) is 0.801. The Morgan fingerprint density at radius 1 is 1.04 bits per heavy atom. The number of methoxy groups -OCH3 is 2. The SMILES string of the molecule is COc1ccc(CC(=O)N2CCN(C(=O)c3cccnc3)CC2)c(OC)c1. The van der Waals surface area contributed by atoms with E-state index in [1.165, 1.54) is 0 Å². The lowest BCUT2D eigenvalue weighted by Gasteiger charge is -2.35. The number of hydrogen-bond donors (Lipinski definition) is 0. The van der Waals surface area contributed by atoms with E-state index in [1.807, 2.05) is 12.1 Å². The lowest BCUT2D eigenvalue weighted by molar-refractivity contribution is -0.131. The van der Waals surface area contributed by atoms with E-state index >= 15 is 0 Å². The van der Waals surface area contributed by atoms with Gasteiger partial charge in [0, 0.05) is 50.2 Å². The molecule has 0 N–H and O–H groups in total. The second kappa shape index (κ2) is 8.53. The maximum Gasteiger partial charge on any atom is 0.255 e. The number of ether oxygens (including phenoxy) is 2. The molecule has 0 spiro atoms. The molecule has 1 aliphatic rings. The van der Waals surface area contributed by atoms with E-state index in [0.717, 1.165) is 5.56 Å². The summed E-state index contributed by atoms with van der Waals surface area (Å²) in [5, 5.41) is 0. The second-order valence-corrected chi connectivity index (χ2v) is 6.27. The third-order valence-corrected chi connectivity index (χ3v) is 4.66. The van der Waals surface area contributed by atoms with Crippen LogP contribution in [0, 0.1) is 0 Å². The minimum Gasteiger partial charge on any atom is -0.497 e. The van der Waals surface area contributed by atoms with Crippen molar-refractivity contribution in [2.24, 2.45) is 0 Å². The number of aromatic nitrogens is 1.